The molecule has 36 heavy (non-hydrogen) atoms. The van der Waals surface area contributed by atoms with E-state index in [4.69, 9.17) is 10.00 Å². The number of rotatable bonds is 6. The van der Waals surface area contributed by atoms with Crippen molar-refractivity contribution < 1.29 is 18.7 Å². The van der Waals surface area contributed by atoms with Gasteiger partial charge in [-0.15, -0.1) is 0 Å². The number of hydrogen-bond acceptors (Lipinski definition) is 8. The highest BCUT2D eigenvalue weighted by molar-refractivity contribution is 8.14. The Kier molecular flexibility index (Phi) is 6.50. The number of carbonyl (C=O) groups excluding carboxylic acids is 2. The van der Waals surface area contributed by atoms with Crippen LogP contribution < -0.4 is 10.6 Å². The molecule has 0 radical (unpaired) electrons. The third kappa shape index (κ3) is 3.97. The SMILES string of the molecule is COC1=S(N2CC[C@@H](C(C)(C)NCCC#N)C2)c2c(F)cc3c(c2C1C1CC1)NC(C#N)C(=O)C3=O. The van der Waals surface area contributed by atoms with Gasteiger partial charge in [-0.25, -0.2) is 8.70 Å². The summed E-state index contributed by atoms with van der Waals surface area (Å²) in [7, 11) is 0.849. The van der Waals surface area contributed by atoms with Crippen LogP contribution >= 0.6 is 10.7 Å². The summed E-state index contributed by atoms with van der Waals surface area (Å²) in [5.41, 5.74) is 0.918. The minimum atomic E-state index is -1.27. The molecule has 4 aliphatic rings. The zero-order valence-corrected chi connectivity index (χ0v) is 21.5. The lowest BCUT2D eigenvalue weighted by molar-refractivity contribution is -0.115. The van der Waals surface area contributed by atoms with E-state index >= 15 is 4.39 Å². The number of fused-ring (bicyclic) bond motifs is 3. The quantitative estimate of drug-likeness (QED) is 0.339. The van der Waals surface area contributed by atoms with Crippen molar-refractivity contribution in [1.82, 2.24) is 9.62 Å². The Morgan fingerprint density at radius 2 is 2.06 bits per heavy atom. The van der Waals surface area contributed by atoms with Gasteiger partial charge in [0, 0.05) is 50.2 Å². The first-order valence-electron chi connectivity index (χ1n) is 12.4. The number of nitrogens with one attached hydrogen (secondary N) is 2. The molecule has 0 amide bonds. The maximum atomic E-state index is 15.9. The Hall–Kier alpha value is -2.63. The molecule has 0 spiro atoms. The average Bonchev–Trinajstić information content (AvgIpc) is 3.44. The van der Waals surface area contributed by atoms with Gasteiger partial charge in [0.1, 0.15) is 10.9 Å². The molecule has 3 aliphatic heterocycles. The lowest BCUT2D eigenvalue weighted by atomic mass is 9.86. The number of halogens is 1. The lowest BCUT2D eigenvalue weighted by Gasteiger charge is -2.33. The van der Waals surface area contributed by atoms with Gasteiger partial charge in [-0.05, 0) is 51.0 Å². The topological polar surface area (TPSA) is 118 Å². The molecule has 5 rings (SSSR count). The number of methoxy groups -OCH3 is 1. The van der Waals surface area contributed by atoms with E-state index in [0.29, 0.717) is 35.0 Å². The molecule has 4 atom stereocenters. The summed E-state index contributed by atoms with van der Waals surface area (Å²) in [5.74, 6) is -1.78. The van der Waals surface area contributed by atoms with Gasteiger partial charge in [-0.2, -0.15) is 10.5 Å². The molecule has 1 saturated heterocycles. The van der Waals surface area contributed by atoms with Gasteiger partial charge in [-0.1, -0.05) is 10.7 Å². The average molecular weight is 512 g/mol. The summed E-state index contributed by atoms with van der Waals surface area (Å²) < 4.78 is 24.2. The van der Waals surface area contributed by atoms with E-state index in [9.17, 15) is 14.9 Å². The molecule has 1 aromatic carbocycles. The van der Waals surface area contributed by atoms with Crippen LogP contribution in [-0.2, 0) is 9.53 Å². The minimum absolute atomic E-state index is 0.0106. The molecule has 0 bridgehead atoms. The number of nitrogens with zero attached hydrogens (tertiary/aromatic N) is 3. The van der Waals surface area contributed by atoms with Crippen LogP contribution in [0.15, 0.2) is 11.0 Å². The van der Waals surface area contributed by atoms with Gasteiger partial charge >= 0.3 is 0 Å². The van der Waals surface area contributed by atoms with E-state index in [1.807, 2.05) is 6.07 Å². The summed E-state index contributed by atoms with van der Waals surface area (Å²) in [6.45, 7) is 6.41. The molecule has 8 nitrogen and oxygen atoms in total. The number of hydrogen-bond donors (Lipinski definition) is 2. The second kappa shape index (κ2) is 9.35. The summed E-state index contributed by atoms with van der Waals surface area (Å²) >= 11 is 0. The van der Waals surface area contributed by atoms with Crippen molar-refractivity contribution in [3.8, 4) is 12.1 Å². The molecule has 2 fully saturated rings. The number of ether oxygens (including phenoxy) is 1. The van der Waals surface area contributed by atoms with Crippen molar-refractivity contribution in [2.45, 2.75) is 61.9 Å². The minimum Gasteiger partial charge on any atom is -0.362 e. The van der Waals surface area contributed by atoms with Gasteiger partial charge in [0.05, 0.1) is 28.3 Å². The Morgan fingerprint density at radius 1 is 1.31 bits per heavy atom. The van der Waals surface area contributed by atoms with Crippen LogP contribution in [0.1, 0.15) is 61.4 Å². The fourth-order valence-electron chi connectivity index (χ4n) is 5.77. The van der Waals surface area contributed by atoms with Crippen LogP contribution in [0.3, 0.4) is 0 Å². The number of benzene rings is 1. The summed E-state index contributed by atoms with van der Waals surface area (Å²) in [6, 6.07) is 3.94. The molecule has 2 N–H and O–H groups in total. The van der Waals surface area contributed by atoms with E-state index in [0.717, 1.165) is 37.4 Å². The van der Waals surface area contributed by atoms with Gasteiger partial charge in [0.2, 0.25) is 11.6 Å². The van der Waals surface area contributed by atoms with Crippen molar-refractivity contribution in [1.29, 1.82) is 10.5 Å². The zero-order chi connectivity index (χ0) is 25.8. The van der Waals surface area contributed by atoms with Crippen LogP contribution in [0.5, 0.6) is 0 Å². The fourth-order valence-corrected chi connectivity index (χ4v) is 8.49. The molecule has 1 saturated carbocycles. The normalized spacial score (nSPS) is 27.9. The molecule has 10 heteroatoms. The third-order valence-electron chi connectivity index (χ3n) is 7.91. The maximum Gasteiger partial charge on any atom is 0.240 e. The molecule has 1 aliphatic carbocycles. The standard InChI is InChI=1S/C26H30FN5O3S/c1-26(2,30-9-4-8-28)15-7-10-32(13-15)36-24-17(27)11-16-21(31-18(12-29)23(34)22(16)33)20(24)19(14-5-6-14)25(36)35-3/h11,14-15,18-19,30-31H,4-7,9-10,13H2,1-3H3/t15-,18?,19?,36?/m1/s1. The molecular weight excluding hydrogens is 481 g/mol. The van der Waals surface area contributed by atoms with Crippen LogP contribution in [-0.4, -0.2) is 59.2 Å². The van der Waals surface area contributed by atoms with Crippen LogP contribution in [0, 0.1) is 40.3 Å². The number of anilines is 1. The van der Waals surface area contributed by atoms with Crippen molar-refractivity contribution in [3.05, 3.63) is 23.0 Å². The highest BCUT2D eigenvalue weighted by Gasteiger charge is 2.50. The van der Waals surface area contributed by atoms with Crippen LogP contribution in [0.25, 0.3) is 0 Å². The van der Waals surface area contributed by atoms with Gasteiger partial charge in [-0.3, -0.25) is 9.59 Å². The zero-order valence-electron chi connectivity index (χ0n) is 20.7. The Bertz CT molecular complexity index is 1260. The Labute approximate surface area is 212 Å². The number of nitriles is 2. The Balaban J connectivity index is 1.57. The van der Waals surface area contributed by atoms with E-state index < -0.39 is 34.1 Å². The van der Waals surface area contributed by atoms with E-state index in [1.54, 1.807) is 7.11 Å². The van der Waals surface area contributed by atoms with Gasteiger partial charge in [0.15, 0.2) is 6.04 Å². The second-order valence-electron chi connectivity index (χ2n) is 10.5. The van der Waals surface area contributed by atoms with Gasteiger partial charge < -0.3 is 15.4 Å². The first kappa shape index (κ1) is 25.0. The predicted molar refractivity (Wildman–Crippen MR) is 134 cm³/mol. The monoisotopic (exact) mass is 511 g/mol. The molecular formula is C26H30FN5O3S. The molecule has 3 unspecified atom stereocenters. The molecule has 190 valence electrons. The smallest absolute Gasteiger partial charge is 0.240 e. The molecule has 1 aromatic rings. The van der Waals surface area contributed by atoms with E-state index in [1.165, 1.54) is 6.07 Å². The molecule has 0 aromatic heterocycles. The number of carbonyl (C=O) groups is 2. The number of ketones is 2. The first-order chi connectivity index (χ1) is 17.2. The van der Waals surface area contributed by atoms with Crippen LogP contribution in [0.2, 0.25) is 0 Å². The number of Topliss-reactive ketones (excluding diaryl/α,β-unsaturated/α-hetero) is 2. The van der Waals surface area contributed by atoms with Gasteiger partial charge in [0.25, 0.3) is 0 Å². The van der Waals surface area contributed by atoms with E-state index in [-0.39, 0.29) is 22.9 Å². The summed E-state index contributed by atoms with van der Waals surface area (Å²) in [4.78, 5) is 25.7. The Morgan fingerprint density at radius 3 is 2.69 bits per heavy atom. The third-order valence-corrected chi connectivity index (χ3v) is 10.4. The van der Waals surface area contributed by atoms with E-state index in [2.05, 4.69) is 34.9 Å². The van der Waals surface area contributed by atoms with Crippen molar-refractivity contribution in [2.24, 2.45) is 11.8 Å². The van der Waals surface area contributed by atoms with Crippen molar-refractivity contribution in [3.63, 3.8) is 0 Å². The van der Waals surface area contributed by atoms with Crippen molar-refractivity contribution >= 4 is 33.0 Å². The highest BCUT2D eigenvalue weighted by Crippen LogP contribution is 2.59. The summed E-state index contributed by atoms with van der Waals surface area (Å²) in [6.07, 6.45) is 3.32. The molecule has 3 heterocycles. The highest BCUT2D eigenvalue weighted by atomic mass is 32.2. The fraction of sp³-hybridized carbons (Fsp3) is 0.577. The van der Waals surface area contributed by atoms with Crippen LogP contribution in [0.4, 0.5) is 10.1 Å². The first-order valence-corrected chi connectivity index (χ1v) is 13.5. The second-order valence-corrected chi connectivity index (χ2v) is 12.4. The maximum absolute atomic E-state index is 15.9. The largest absolute Gasteiger partial charge is 0.362 e. The van der Waals surface area contributed by atoms with Crippen molar-refractivity contribution in [2.75, 3.05) is 32.1 Å². The summed E-state index contributed by atoms with van der Waals surface area (Å²) in [5, 5.41) is 25.6. The predicted octanol–water partition coefficient (Wildman–Crippen LogP) is 3.33. The lowest BCUT2D eigenvalue weighted by Crippen LogP contribution is -2.47.